The molecule has 1 fully saturated rings. The van der Waals surface area contributed by atoms with Gasteiger partial charge in [0.15, 0.2) is 5.78 Å². The number of carbonyl (C=O) groups excluding carboxylic acids is 3. The molecule has 0 saturated carbocycles. The van der Waals surface area contributed by atoms with Gasteiger partial charge in [0.05, 0.1) is 23.8 Å². The van der Waals surface area contributed by atoms with Gasteiger partial charge in [0.1, 0.15) is 22.8 Å². The number of Topliss-reactive ketones (excluding diaryl/α,β-unsaturated/α-hetero) is 1. The van der Waals surface area contributed by atoms with Gasteiger partial charge in [-0.25, -0.2) is 0 Å². The van der Waals surface area contributed by atoms with Crippen LogP contribution in [0.1, 0.15) is 62.0 Å². The molecule has 0 spiro atoms. The average molecular weight is 484 g/mol. The number of phenolic OH excluding ortho intramolecular Hbond substituents is 1. The van der Waals surface area contributed by atoms with Crippen molar-refractivity contribution in [3.05, 3.63) is 53.1 Å². The van der Waals surface area contributed by atoms with Crippen LogP contribution >= 0.6 is 11.8 Å². The minimum atomic E-state index is -0.713. The molecular weight excluding hydrogens is 454 g/mol. The zero-order chi connectivity index (χ0) is 24.7. The second-order valence-corrected chi connectivity index (χ2v) is 11.3. The van der Waals surface area contributed by atoms with Gasteiger partial charge in [-0.3, -0.25) is 19.7 Å². The van der Waals surface area contributed by atoms with Gasteiger partial charge in [0, 0.05) is 12.0 Å². The number of aromatic hydroxyl groups is 1. The Morgan fingerprint density at radius 3 is 2.50 bits per heavy atom. The summed E-state index contributed by atoms with van der Waals surface area (Å²) in [6, 6.07) is 10.7. The van der Waals surface area contributed by atoms with Crippen LogP contribution in [0, 0.1) is 0 Å². The zero-order valence-corrected chi connectivity index (χ0v) is 20.6. The molecule has 7 nitrogen and oxygen atoms in total. The van der Waals surface area contributed by atoms with Gasteiger partial charge in [-0.15, -0.1) is 0 Å². The summed E-state index contributed by atoms with van der Waals surface area (Å²) in [6.07, 6.45) is 1.19. The lowest BCUT2D eigenvalue weighted by molar-refractivity contribution is -0.118. The molecule has 0 aliphatic carbocycles. The maximum absolute atomic E-state index is 12.8. The molecule has 0 aromatic heterocycles. The zero-order valence-electron chi connectivity index (χ0n) is 19.8. The number of phenols is 1. The molecule has 4 rings (SSSR count). The molecule has 0 bridgehead atoms. The highest BCUT2D eigenvalue weighted by Crippen LogP contribution is 2.41. The van der Waals surface area contributed by atoms with Crippen LogP contribution in [0.2, 0.25) is 0 Å². The number of benzene rings is 2. The van der Waals surface area contributed by atoms with Gasteiger partial charge in [-0.2, -0.15) is 0 Å². The van der Waals surface area contributed by atoms with Crippen molar-refractivity contribution in [2.75, 3.05) is 6.61 Å². The normalized spacial score (nSPS) is 22.2. The van der Waals surface area contributed by atoms with Crippen LogP contribution in [-0.2, 0) is 16.6 Å². The third-order valence-corrected chi connectivity index (χ3v) is 7.09. The molecule has 180 valence electrons. The Morgan fingerprint density at radius 2 is 1.88 bits per heavy atom. The monoisotopic (exact) mass is 483 g/mol. The predicted octanol–water partition coefficient (Wildman–Crippen LogP) is 4.78. The number of rotatable bonds is 6. The third kappa shape index (κ3) is 5.22. The maximum atomic E-state index is 12.8. The molecule has 1 saturated heterocycles. The number of ketones is 1. The van der Waals surface area contributed by atoms with Crippen molar-refractivity contribution in [1.82, 2.24) is 5.32 Å². The van der Waals surface area contributed by atoms with E-state index < -0.39 is 10.9 Å². The van der Waals surface area contributed by atoms with Crippen molar-refractivity contribution in [3.8, 4) is 17.2 Å². The Labute approximate surface area is 203 Å². The van der Waals surface area contributed by atoms with E-state index in [0.29, 0.717) is 36.5 Å². The number of hydrogen-bond acceptors (Lipinski definition) is 7. The van der Waals surface area contributed by atoms with Crippen molar-refractivity contribution >= 4 is 28.7 Å². The first-order chi connectivity index (χ1) is 15.9. The number of hydrogen-bond donors (Lipinski definition) is 2. The number of thioether (sulfide) groups is 1. The lowest BCUT2D eigenvalue weighted by Gasteiger charge is -2.36. The van der Waals surface area contributed by atoms with Crippen LogP contribution in [0.25, 0.3) is 0 Å². The standard InChI is InChI=1S/C26H29NO6S/c1-25(2,3)18-13-21-17(12-19(18)28)20(29)14-26(4,33-21)9-10-32-16-7-5-15(6-8-16)11-22-23(30)27-24(31)34-22/h5-8,12-13,22,28H,9-11,14H2,1-4H3,(H,27,30,31). The van der Waals surface area contributed by atoms with E-state index in [2.05, 4.69) is 5.32 Å². The van der Waals surface area contributed by atoms with Gasteiger partial charge in [0.2, 0.25) is 5.91 Å². The second-order valence-electron chi connectivity index (χ2n) is 10.1. The molecular formula is C26H29NO6S. The van der Waals surface area contributed by atoms with E-state index in [-0.39, 0.29) is 34.5 Å². The van der Waals surface area contributed by atoms with Crippen molar-refractivity contribution in [2.45, 2.75) is 63.2 Å². The van der Waals surface area contributed by atoms with Gasteiger partial charge in [0.25, 0.3) is 5.24 Å². The quantitative estimate of drug-likeness (QED) is 0.610. The summed E-state index contributed by atoms with van der Waals surface area (Å²) >= 11 is 1.01. The second kappa shape index (κ2) is 8.98. The predicted molar refractivity (Wildman–Crippen MR) is 130 cm³/mol. The Bertz CT molecular complexity index is 1140. The molecule has 2 unspecified atom stereocenters. The Morgan fingerprint density at radius 1 is 1.18 bits per heavy atom. The van der Waals surface area contributed by atoms with E-state index in [4.69, 9.17) is 9.47 Å². The van der Waals surface area contributed by atoms with E-state index in [1.54, 1.807) is 6.07 Å². The summed E-state index contributed by atoms with van der Waals surface area (Å²) in [5, 5.41) is 12.0. The number of fused-ring (bicyclic) bond motifs is 1. The smallest absolute Gasteiger partial charge is 0.286 e. The van der Waals surface area contributed by atoms with Crippen LogP contribution in [-0.4, -0.2) is 39.5 Å². The molecule has 2 amide bonds. The van der Waals surface area contributed by atoms with E-state index >= 15 is 0 Å². The first-order valence-corrected chi connectivity index (χ1v) is 12.1. The fourth-order valence-electron chi connectivity index (χ4n) is 4.20. The number of carbonyl (C=O) groups is 3. The number of amides is 2. The number of ether oxygens (including phenoxy) is 2. The minimum absolute atomic E-state index is 0.0591. The molecule has 2 heterocycles. The van der Waals surface area contributed by atoms with E-state index in [1.807, 2.05) is 52.0 Å². The molecule has 8 heteroatoms. The lowest BCUT2D eigenvalue weighted by Crippen LogP contribution is -2.40. The molecule has 2 aromatic rings. The highest BCUT2D eigenvalue weighted by atomic mass is 32.2. The number of imide groups is 1. The Hall–Kier alpha value is -3.00. The first-order valence-electron chi connectivity index (χ1n) is 11.3. The number of nitrogens with one attached hydrogen (secondary N) is 1. The molecule has 0 radical (unpaired) electrons. The maximum Gasteiger partial charge on any atom is 0.286 e. The summed E-state index contributed by atoms with van der Waals surface area (Å²) in [5.74, 6) is 0.970. The topological polar surface area (TPSA) is 102 Å². The molecule has 2 aromatic carbocycles. The summed E-state index contributed by atoms with van der Waals surface area (Å²) in [5.41, 5.74) is 1.09. The Balaban J connectivity index is 1.36. The summed E-state index contributed by atoms with van der Waals surface area (Å²) < 4.78 is 12.1. The van der Waals surface area contributed by atoms with Crippen LogP contribution in [0.15, 0.2) is 36.4 Å². The van der Waals surface area contributed by atoms with Gasteiger partial charge in [-0.1, -0.05) is 44.7 Å². The largest absolute Gasteiger partial charge is 0.508 e. The molecule has 2 aliphatic rings. The summed E-state index contributed by atoms with van der Waals surface area (Å²) in [4.78, 5) is 35.8. The van der Waals surface area contributed by atoms with Crippen molar-refractivity contribution in [3.63, 3.8) is 0 Å². The molecule has 2 atom stereocenters. The highest BCUT2D eigenvalue weighted by molar-refractivity contribution is 8.15. The van der Waals surface area contributed by atoms with Crippen LogP contribution in [0.4, 0.5) is 4.79 Å². The molecule has 34 heavy (non-hydrogen) atoms. The fraction of sp³-hybridized carbons (Fsp3) is 0.423. The average Bonchev–Trinajstić information content (AvgIpc) is 3.05. The van der Waals surface area contributed by atoms with Crippen LogP contribution in [0.5, 0.6) is 17.2 Å². The SMILES string of the molecule is CC1(CCOc2ccc(CC3SC(=O)NC3=O)cc2)CC(=O)c2cc(O)c(C(C)(C)C)cc2O1. The minimum Gasteiger partial charge on any atom is -0.508 e. The summed E-state index contributed by atoms with van der Waals surface area (Å²) in [7, 11) is 0. The van der Waals surface area contributed by atoms with Gasteiger partial charge < -0.3 is 14.6 Å². The lowest BCUT2D eigenvalue weighted by atomic mass is 9.83. The van der Waals surface area contributed by atoms with Crippen molar-refractivity contribution < 1.29 is 29.0 Å². The third-order valence-electron chi connectivity index (χ3n) is 6.11. The van der Waals surface area contributed by atoms with Crippen molar-refractivity contribution in [1.29, 1.82) is 0 Å². The molecule has 2 N–H and O–H groups in total. The van der Waals surface area contributed by atoms with Gasteiger partial charge >= 0.3 is 0 Å². The van der Waals surface area contributed by atoms with E-state index in [0.717, 1.165) is 22.9 Å². The van der Waals surface area contributed by atoms with E-state index in [9.17, 15) is 19.5 Å². The van der Waals surface area contributed by atoms with Crippen LogP contribution < -0.4 is 14.8 Å². The van der Waals surface area contributed by atoms with Crippen molar-refractivity contribution in [2.24, 2.45) is 0 Å². The Kier molecular flexibility index (Phi) is 6.38. The van der Waals surface area contributed by atoms with E-state index in [1.165, 1.54) is 6.07 Å². The fourth-order valence-corrected chi connectivity index (χ4v) is 5.06. The first kappa shape index (κ1) is 24.1. The summed E-state index contributed by atoms with van der Waals surface area (Å²) in [6.45, 7) is 8.25. The van der Waals surface area contributed by atoms with Gasteiger partial charge in [-0.05, 0) is 48.6 Å². The molecule has 2 aliphatic heterocycles. The van der Waals surface area contributed by atoms with Crippen LogP contribution in [0.3, 0.4) is 0 Å². The highest BCUT2D eigenvalue weighted by Gasteiger charge is 2.38.